The summed E-state index contributed by atoms with van der Waals surface area (Å²) >= 11 is 1.40. The third-order valence-electron chi connectivity index (χ3n) is 5.01. The van der Waals surface area contributed by atoms with Crippen molar-refractivity contribution in [3.05, 3.63) is 76.1 Å². The van der Waals surface area contributed by atoms with Crippen molar-refractivity contribution in [3.63, 3.8) is 0 Å². The number of halogens is 1. The van der Waals surface area contributed by atoms with E-state index in [1.54, 1.807) is 48.1 Å². The molecule has 0 unspecified atom stereocenters. The lowest BCUT2D eigenvalue weighted by Gasteiger charge is -2.13. The Bertz CT molecular complexity index is 1320. The minimum Gasteiger partial charge on any atom is -0.496 e. The lowest BCUT2D eigenvalue weighted by atomic mass is 10.0. The zero-order chi connectivity index (χ0) is 23.4. The fraction of sp³-hybridized carbons (Fsp3) is 0.200. The maximum atomic E-state index is 14.7. The molecule has 4 rings (SSSR count). The zero-order valence-electron chi connectivity index (χ0n) is 18.1. The summed E-state index contributed by atoms with van der Waals surface area (Å²) < 4.78 is 26.0. The Balaban J connectivity index is 1.57. The molecule has 2 heterocycles. The molecule has 0 bridgehead atoms. The number of hydrogen-bond acceptors (Lipinski definition) is 7. The monoisotopic (exact) mass is 464 g/mol. The zero-order valence-corrected chi connectivity index (χ0v) is 18.9. The van der Waals surface area contributed by atoms with Crippen molar-refractivity contribution in [2.45, 2.75) is 26.2 Å². The van der Waals surface area contributed by atoms with E-state index in [1.165, 1.54) is 31.4 Å². The van der Waals surface area contributed by atoms with Crippen LogP contribution in [0.5, 0.6) is 17.2 Å². The maximum absolute atomic E-state index is 14.7. The standard InChI is InChI=1S/C25H21FN2O4S/c1-15(29)9-17-11-20-22(14-24(17)31-2)27-6-5-23(20)32-19-4-3-16(21(26)13-19)10-18(30)12-25-28-7-8-33-25/h3-8,11,13-14H,9-10,12H2,1-2H3. The number of pyridine rings is 1. The summed E-state index contributed by atoms with van der Waals surface area (Å²) in [5.74, 6) is 0.711. The van der Waals surface area contributed by atoms with Crippen LogP contribution >= 0.6 is 11.3 Å². The maximum Gasteiger partial charge on any atom is 0.144 e. The van der Waals surface area contributed by atoms with E-state index in [4.69, 9.17) is 9.47 Å². The summed E-state index contributed by atoms with van der Waals surface area (Å²) in [6.07, 6.45) is 3.61. The van der Waals surface area contributed by atoms with Crippen LogP contribution in [0.3, 0.4) is 0 Å². The normalized spacial score (nSPS) is 10.9. The van der Waals surface area contributed by atoms with Crippen LogP contribution in [0, 0.1) is 5.82 Å². The van der Waals surface area contributed by atoms with Gasteiger partial charge in [-0.2, -0.15) is 0 Å². The average molecular weight is 465 g/mol. The quantitative estimate of drug-likeness (QED) is 0.342. The van der Waals surface area contributed by atoms with Crippen LogP contribution in [0.1, 0.15) is 23.1 Å². The van der Waals surface area contributed by atoms with Crippen molar-refractivity contribution in [1.29, 1.82) is 0 Å². The predicted molar refractivity (Wildman–Crippen MR) is 124 cm³/mol. The van der Waals surface area contributed by atoms with Gasteiger partial charge in [-0.3, -0.25) is 14.6 Å². The number of thiazole rings is 1. The van der Waals surface area contributed by atoms with E-state index in [0.717, 1.165) is 5.56 Å². The molecule has 0 fully saturated rings. The molecular formula is C25H21FN2O4S. The molecule has 168 valence electrons. The summed E-state index contributed by atoms with van der Waals surface area (Å²) in [6, 6.07) is 9.67. The summed E-state index contributed by atoms with van der Waals surface area (Å²) in [5, 5.41) is 3.19. The number of ketones is 2. The molecule has 4 aromatic rings. The van der Waals surface area contributed by atoms with Gasteiger partial charge in [-0.25, -0.2) is 9.37 Å². The van der Waals surface area contributed by atoms with Gasteiger partial charge in [0.15, 0.2) is 0 Å². The van der Waals surface area contributed by atoms with Crippen LogP contribution in [0.4, 0.5) is 4.39 Å². The van der Waals surface area contributed by atoms with Gasteiger partial charge in [-0.05, 0) is 30.7 Å². The van der Waals surface area contributed by atoms with Crippen LogP contribution in [0.15, 0.2) is 54.2 Å². The van der Waals surface area contributed by atoms with Crippen molar-refractivity contribution in [2.24, 2.45) is 0 Å². The molecule has 0 saturated carbocycles. The van der Waals surface area contributed by atoms with Crippen molar-refractivity contribution < 1.29 is 23.5 Å². The highest BCUT2D eigenvalue weighted by Crippen LogP contribution is 2.34. The SMILES string of the molecule is COc1cc2nccc(Oc3ccc(CC(=O)Cc4nccs4)c(F)c3)c2cc1CC(C)=O. The van der Waals surface area contributed by atoms with E-state index in [0.29, 0.717) is 38.7 Å². The molecule has 0 aliphatic rings. The van der Waals surface area contributed by atoms with Gasteiger partial charge in [0.1, 0.15) is 34.6 Å². The number of benzene rings is 2. The third-order valence-corrected chi connectivity index (χ3v) is 5.79. The minimum absolute atomic E-state index is 0.000996. The van der Waals surface area contributed by atoms with Crippen molar-refractivity contribution in [2.75, 3.05) is 7.11 Å². The van der Waals surface area contributed by atoms with E-state index < -0.39 is 5.82 Å². The van der Waals surface area contributed by atoms with Crippen LogP contribution in [0.2, 0.25) is 0 Å². The minimum atomic E-state index is -0.516. The lowest BCUT2D eigenvalue weighted by molar-refractivity contribution is -0.118. The summed E-state index contributed by atoms with van der Waals surface area (Å²) in [7, 11) is 1.54. The Kier molecular flexibility index (Phi) is 6.74. The molecule has 6 nitrogen and oxygen atoms in total. The van der Waals surface area contributed by atoms with Gasteiger partial charge >= 0.3 is 0 Å². The van der Waals surface area contributed by atoms with Crippen molar-refractivity contribution in [1.82, 2.24) is 9.97 Å². The molecule has 0 aliphatic carbocycles. The molecule has 0 amide bonds. The first-order valence-electron chi connectivity index (χ1n) is 10.2. The molecule has 2 aromatic heterocycles. The first-order chi connectivity index (χ1) is 15.9. The highest BCUT2D eigenvalue weighted by molar-refractivity contribution is 7.09. The van der Waals surface area contributed by atoms with Crippen LogP contribution in [0.25, 0.3) is 10.9 Å². The predicted octanol–water partition coefficient (Wildman–Crippen LogP) is 5.12. The summed E-state index contributed by atoms with van der Waals surface area (Å²) in [4.78, 5) is 32.3. The molecule has 8 heteroatoms. The number of ether oxygens (including phenoxy) is 2. The number of methoxy groups -OCH3 is 1. The average Bonchev–Trinajstić information content (AvgIpc) is 3.28. The highest BCUT2D eigenvalue weighted by atomic mass is 32.1. The Morgan fingerprint density at radius 3 is 2.52 bits per heavy atom. The van der Waals surface area contributed by atoms with E-state index in [9.17, 15) is 14.0 Å². The van der Waals surface area contributed by atoms with E-state index in [1.807, 2.05) is 0 Å². The van der Waals surface area contributed by atoms with Gasteiger partial charge in [0.05, 0.1) is 24.1 Å². The molecule has 33 heavy (non-hydrogen) atoms. The van der Waals surface area contributed by atoms with Crippen LogP contribution in [-0.2, 0) is 28.9 Å². The Morgan fingerprint density at radius 2 is 1.82 bits per heavy atom. The van der Waals surface area contributed by atoms with Gasteiger partial charge in [0.25, 0.3) is 0 Å². The topological polar surface area (TPSA) is 78.4 Å². The fourth-order valence-electron chi connectivity index (χ4n) is 3.52. The van der Waals surface area contributed by atoms with Crippen molar-refractivity contribution >= 4 is 33.8 Å². The van der Waals surface area contributed by atoms with E-state index >= 15 is 0 Å². The fourth-order valence-corrected chi connectivity index (χ4v) is 4.17. The lowest BCUT2D eigenvalue weighted by Crippen LogP contribution is -2.07. The first kappa shape index (κ1) is 22.5. The second-order valence-corrected chi connectivity index (χ2v) is 8.52. The molecule has 0 spiro atoms. The number of aromatic nitrogens is 2. The summed E-state index contributed by atoms with van der Waals surface area (Å²) in [6.45, 7) is 1.51. The first-order valence-corrected chi connectivity index (χ1v) is 11.1. The number of carbonyl (C=O) groups excluding carboxylic acids is 2. The van der Waals surface area contributed by atoms with Crippen LogP contribution in [-0.4, -0.2) is 28.6 Å². The number of nitrogens with zero attached hydrogens (tertiary/aromatic N) is 2. The van der Waals surface area contributed by atoms with E-state index in [-0.39, 0.29) is 30.8 Å². The molecule has 2 aromatic carbocycles. The number of Topliss-reactive ketones (excluding diaryl/α,β-unsaturated/α-hetero) is 2. The van der Waals surface area contributed by atoms with Crippen LogP contribution < -0.4 is 9.47 Å². The largest absolute Gasteiger partial charge is 0.496 e. The van der Waals surface area contributed by atoms with Gasteiger partial charge in [-0.15, -0.1) is 11.3 Å². The second-order valence-electron chi connectivity index (χ2n) is 7.54. The Labute approximate surface area is 194 Å². The number of fused-ring (bicyclic) bond motifs is 1. The molecule has 0 radical (unpaired) electrons. The molecule has 0 aliphatic heterocycles. The van der Waals surface area contributed by atoms with Crippen molar-refractivity contribution in [3.8, 4) is 17.2 Å². The Morgan fingerprint density at radius 1 is 0.970 bits per heavy atom. The Hall–Kier alpha value is -3.65. The van der Waals surface area contributed by atoms with Gasteiger partial charge in [-0.1, -0.05) is 6.07 Å². The second kappa shape index (κ2) is 9.87. The number of carbonyl (C=O) groups is 2. The molecule has 0 atom stereocenters. The number of rotatable bonds is 9. The van der Waals surface area contributed by atoms with E-state index in [2.05, 4.69) is 9.97 Å². The number of hydrogen-bond donors (Lipinski definition) is 0. The van der Waals surface area contributed by atoms with Gasteiger partial charge < -0.3 is 9.47 Å². The molecule has 0 N–H and O–H groups in total. The molecule has 0 saturated heterocycles. The summed E-state index contributed by atoms with van der Waals surface area (Å²) in [5.41, 5.74) is 1.65. The smallest absolute Gasteiger partial charge is 0.144 e. The third kappa shape index (κ3) is 5.40. The molecular weight excluding hydrogens is 443 g/mol. The van der Waals surface area contributed by atoms with Gasteiger partial charge in [0, 0.05) is 53.7 Å². The highest BCUT2D eigenvalue weighted by Gasteiger charge is 2.14. The van der Waals surface area contributed by atoms with Gasteiger partial charge in [0.2, 0.25) is 0 Å².